The minimum Gasteiger partial charge on any atom is -0.298 e. The van der Waals surface area contributed by atoms with E-state index in [1.165, 1.54) is 16.3 Å². The molecule has 0 radical (unpaired) electrons. The predicted octanol–water partition coefficient (Wildman–Crippen LogP) is 3.70. The summed E-state index contributed by atoms with van der Waals surface area (Å²) >= 11 is 0. The zero-order valence-electron chi connectivity index (χ0n) is 10.0. The number of hydrogen-bond acceptors (Lipinski definition) is 1. The molecule has 1 fully saturated rings. The Morgan fingerprint density at radius 2 is 1.78 bits per heavy atom. The standard InChI is InChI=1S/C17H14O/c18-17-12-8-9-15(17)16(10-12)14-7-3-5-11-4-1-2-6-13(11)14/h1-9,12,15-16H,10H2. The van der Waals surface area contributed by atoms with Gasteiger partial charge in [0.05, 0.1) is 0 Å². The van der Waals surface area contributed by atoms with E-state index >= 15 is 0 Å². The first-order valence-electron chi connectivity index (χ1n) is 6.54. The van der Waals surface area contributed by atoms with Gasteiger partial charge < -0.3 is 0 Å². The molecular weight excluding hydrogens is 220 g/mol. The predicted molar refractivity (Wildman–Crippen MR) is 72.4 cm³/mol. The van der Waals surface area contributed by atoms with Crippen molar-refractivity contribution >= 4 is 16.6 Å². The number of allylic oxidation sites excluding steroid dienone is 2. The van der Waals surface area contributed by atoms with Gasteiger partial charge >= 0.3 is 0 Å². The second-order valence-electron chi connectivity index (χ2n) is 5.33. The molecule has 2 aromatic rings. The molecule has 2 aliphatic carbocycles. The molecule has 0 aromatic heterocycles. The molecule has 88 valence electrons. The molecule has 4 rings (SSSR count). The van der Waals surface area contributed by atoms with E-state index in [1.54, 1.807) is 0 Å². The first-order chi connectivity index (χ1) is 8.84. The maximum absolute atomic E-state index is 12.0. The maximum Gasteiger partial charge on any atom is 0.147 e. The molecule has 1 heteroatoms. The molecule has 0 saturated heterocycles. The molecule has 0 heterocycles. The Hall–Kier alpha value is -1.89. The minimum atomic E-state index is 0.126. The summed E-state index contributed by atoms with van der Waals surface area (Å²) in [6.07, 6.45) is 5.20. The van der Waals surface area contributed by atoms with Crippen LogP contribution in [-0.2, 0) is 4.79 Å². The highest BCUT2D eigenvalue weighted by Gasteiger charge is 2.44. The fourth-order valence-electron chi connectivity index (χ4n) is 3.53. The van der Waals surface area contributed by atoms with Crippen molar-refractivity contribution in [2.24, 2.45) is 11.8 Å². The van der Waals surface area contributed by atoms with Crippen LogP contribution in [0.1, 0.15) is 17.9 Å². The van der Waals surface area contributed by atoms with Gasteiger partial charge in [-0.3, -0.25) is 4.79 Å². The molecule has 2 aliphatic rings. The fraction of sp³-hybridized carbons (Fsp3) is 0.235. The van der Waals surface area contributed by atoms with Crippen LogP contribution in [0.5, 0.6) is 0 Å². The van der Waals surface area contributed by atoms with E-state index in [4.69, 9.17) is 0 Å². The summed E-state index contributed by atoms with van der Waals surface area (Å²) in [5.41, 5.74) is 1.35. The average Bonchev–Trinajstić information content (AvgIpc) is 2.93. The van der Waals surface area contributed by atoms with Gasteiger partial charge in [-0.25, -0.2) is 0 Å². The van der Waals surface area contributed by atoms with Gasteiger partial charge in [0.1, 0.15) is 5.78 Å². The van der Waals surface area contributed by atoms with Gasteiger partial charge in [-0.2, -0.15) is 0 Å². The average molecular weight is 234 g/mol. The van der Waals surface area contributed by atoms with Crippen LogP contribution in [0.15, 0.2) is 54.6 Å². The summed E-state index contributed by atoms with van der Waals surface area (Å²) in [7, 11) is 0. The summed E-state index contributed by atoms with van der Waals surface area (Å²) in [6.45, 7) is 0. The van der Waals surface area contributed by atoms with E-state index < -0.39 is 0 Å². The van der Waals surface area contributed by atoms with Crippen LogP contribution in [0.4, 0.5) is 0 Å². The van der Waals surface area contributed by atoms with Gasteiger partial charge in [0.25, 0.3) is 0 Å². The Morgan fingerprint density at radius 3 is 2.56 bits per heavy atom. The Labute approximate surface area is 106 Å². The number of carbonyl (C=O) groups is 1. The van der Waals surface area contributed by atoms with Gasteiger partial charge in [0.15, 0.2) is 0 Å². The van der Waals surface area contributed by atoms with Crippen LogP contribution >= 0.6 is 0 Å². The van der Waals surface area contributed by atoms with Gasteiger partial charge in [-0.05, 0) is 28.7 Å². The lowest BCUT2D eigenvalue weighted by Gasteiger charge is -2.19. The van der Waals surface area contributed by atoms with Crippen molar-refractivity contribution in [3.63, 3.8) is 0 Å². The molecule has 1 nitrogen and oxygen atoms in total. The SMILES string of the molecule is O=C1C2C=CC1C(c1cccc3ccccc13)C2. The normalized spacial score (nSPS) is 29.3. The number of Topliss-reactive ketones (excluding diaryl/α,β-unsaturated/α-hetero) is 1. The third kappa shape index (κ3) is 1.25. The molecule has 3 atom stereocenters. The molecule has 18 heavy (non-hydrogen) atoms. The van der Waals surface area contributed by atoms with Crippen LogP contribution in [0, 0.1) is 11.8 Å². The lowest BCUT2D eigenvalue weighted by Crippen LogP contribution is -2.09. The third-order valence-electron chi connectivity index (χ3n) is 4.41. The molecule has 1 saturated carbocycles. The van der Waals surface area contributed by atoms with Gasteiger partial charge in [0.2, 0.25) is 0 Å². The lowest BCUT2D eigenvalue weighted by molar-refractivity contribution is -0.120. The molecule has 0 spiro atoms. The van der Waals surface area contributed by atoms with E-state index in [-0.39, 0.29) is 11.8 Å². The van der Waals surface area contributed by atoms with E-state index in [0.29, 0.717) is 11.7 Å². The second kappa shape index (κ2) is 3.55. The first-order valence-corrected chi connectivity index (χ1v) is 6.54. The topological polar surface area (TPSA) is 17.1 Å². The highest BCUT2D eigenvalue weighted by Crippen LogP contribution is 2.47. The quantitative estimate of drug-likeness (QED) is 0.688. The van der Waals surface area contributed by atoms with Gasteiger partial charge in [-0.1, -0.05) is 54.6 Å². The monoisotopic (exact) mass is 234 g/mol. The fourth-order valence-corrected chi connectivity index (χ4v) is 3.53. The van der Waals surface area contributed by atoms with Crippen LogP contribution in [0.3, 0.4) is 0 Å². The highest BCUT2D eigenvalue weighted by molar-refractivity contribution is 5.94. The Bertz CT molecular complexity index is 663. The zero-order valence-corrected chi connectivity index (χ0v) is 10.0. The number of ketones is 1. The van der Waals surface area contributed by atoms with E-state index in [1.807, 2.05) is 0 Å². The van der Waals surface area contributed by atoms with Gasteiger partial charge in [0, 0.05) is 11.8 Å². The van der Waals surface area contributed by atoms with Crippen molar-refractivity contribution in [1.29, 1.82) is 0 Å². The van der Waals surface area contributed by atoms with Crippen molar-refractivity contribution in [2.75, 3.05) is 0 Å². The van der Waals surface area contributed by atoms with Crippen molar-refractivity contribution in [3.8, 4) is 0 Å². The highest BCUT2D eigenvalue weighted by atomic mass is 16.1. The largest absolute Gasteiger partial charge is 0.298 e. The molecule has 2 bridgehead atoms. The smallest absolute Gasteiger partial charge is 0.147 e. The number of benzene rings is 2. The summed E-state index contributed by atoms with van der Waals surface area (Å²) < 4.78 is 0. The Kier molecular flexibility index (Phi) is 1.99. The van der Waals surface area contributed by atoms with Crippen molar-refractivity contribution in [1.82, 2.24) is 0 Å². The van der Waals surface area contributed by atoms with E-state index in [2.05, 4.69) is 54.6 Å². The van der Waals surface area contributed by atoms with E-state index in [0.717, 1.165) is 6.42 Å². The zero-order chi connectivity index (χ0) is 12.1. The lowest BCUT2D eigenvalue weighted by atomic mass is 9.84. The van der Waals surface area contributed by atoms with Crippen LogP contribution in [0.25, 0.3) is 10.8 Å². The molecule has 0 aliphatic heterocycles. The molecule has 0 N–H and O–H groups in total. The van der Waals surface area contributed by atoms with Crippen molar-refractivity contribution in [2.45, 2.75) is 12.3 Å². The minimum absolute atomic E-state index is 0.126. The summed E-state index contributed by atoms with van der Waals surface area (Å²) in [5, 5.41) is 2.58. The second-order valence-corrected chi connectivity index (χ2v) is 5.33. The number of carbonyl (C=O) groups excluding carboxylic acids is 1. The number of fused-ring (bicyclic) bond motifs is 3. The first kappa shape index (κ1) is 10.1. The van der Waals surface area contributed by atoms with E-state index in [9.17, 15) is 4.79 Å². The van der Waals surface area contributed by atoms with Crippen molar-refractivity contribution < 1.29 is 4.79 Å². The van der Waals surface area contributed by atoms with Crippen LogP contribution < -0.4 is 0 Å². The molecule has 2 aromatic carbocycles. The van der Waals surface area contributed by atoms with Crippen molar-refractivity contribution in [3.05, 3.63) is 60.2 Å². The van der Waals surface area contributed by atoms with Crippen LogP contribution in [0.2, 0.25) is 0 Å². The maximum atomic E-state index is 12.0. The number of rotatable bonds is 1. The molecule has 3 unspecified atom stereocenters. The summed E-state index contributed by atoms with van der Waals surface area (Å²) in [5.74, 6) is 1.12. The molecular formula is C17H14O. The third-order valence-corrected chi connectivity index (χ3v) is 4.41. The van der Waals surface area contributed by atoms with Crippen LogP contribution in [-0.4, -0.2) is 5.78 Å². The Morgan fingerprint density at radius 1 is 0.944 bits per heavy atom. The summed E-state index contributed by atoms with van der Waals surface area (Å²) in [4.78, 5) is 12.0. The Balaban J connectivity index is 1.89. The molecule has 0 amide bonds. The van der Waals surface area contributed by atoms with Gasteiger partial charge in [-0.15, -0.1) is 0 Å². The summed E-state index contributed by atoms with van der Waals surface area (Å²) in [6, 6.07) is 14.9. The number of hydrogen-bond donors (Lipinski definition) is 0.